The lowest BCUT2D eigenvalue weighted by Crippen LogP contribution is -2.30. The van der Waals surface area contributed by atoms with E-state index in [4.69, 9.17) is 19.7 Å². The van der Waals surface area contributed by atoms with Crippen molar-refractivity contribution in [2.24, 2.45) is 0 Å². The average molecular weight is 297 g/mol. The number of nitrogens with one attached hydrogen (secondary N) is 1. The van der Waals surface area contributed by atoms with E-state index in [1.54, 1.807) is 12.1 Å². The lowest BCUT2D eigenvalue weighted by molar-refractivity contribution is -0.146. The molecule has 0 aliphatic heterocycles. The molecule has 0 spiro atoms. The zero-order valence-corrected chi connectivity index (χ0v) is 12.2. The molecule has 0 bridgehead atoms. The molecular formula is C14H19NO6. The standard InChI is InChI=1S/C14H19NO6/c1-8-11(20-2)6-9(7-12(8)21-3)13(17)15-5-4-10(16)14(18)19/h6-7,10,16H,4-5H2,1-3H3,(H,15,17)(H,18,19)/t10-/m0/s1. The quantitative estimate of drug-likeness (QED) is 0.680. The smallest absolute Gasteiger partial charge is 0.332 e. The van der Waals surface area contributed by atoms with Crippen molar-refractivity contribution in [1.82, 2.24) is 5.32 Å². The van der Waals surface area contributed by atoms with Crippen LogP contribution in [0.25, 0.3) is 0 Å². The van der Waals surface area contributed by atoms with Gasteiger partial charge in [-0.3, -0.25) is 4.79 Å². The molecule has 0 aliphatic rings. The minimum atomic E-state index is -1.49. The number of aliphatic carboxylic acids is 1. The molecule has 7 nitrogen and oxygen atoms in total. The summed E-state index contributed by atoms with van der Waals surface area (Å²) >= 11 is 0. The first-order valence-electron chi connectivity index (χ1n) is 6.32. The summed E-state index contributed by atoms with van der Waals surface area (Å²) < 4.78 is 10.3. The molecule has 1 aromatic carbocycles. The number of hydrogen-bond donors (Lipinski definition) is 3. The van der Waals surface area contributed by atoms with E-state index < -0.39 is 18.0 Å². The lowest BCUT2D eigenvalue weighted by atomic mass is 10.1. The number of rotatable bonds is 7. The molecule has 0 saturated carbocycles. The molecule has 0 unspecified atom stereocenters. The number of benzene rings is 1. The Morgan fingerprint density at radius 1 is 1.24 bits per heavy atom. The zero-order valence-electron chi connectivity index (χ0n) is 12.2. The number of carboxylic acids is 1. The average Bonchev–Trinajstić information content (AvgIpc) is 2.46. The van der Waals surface area contributed by atoms with Crippen LogP contribution >= 0.6 is 0 Å². The molecule has 0 heterocycles. The third-order valence-corrected chi connectivity index (χ3v) is 3.00. The second-order valence-corrected chi connectivity index (χ2v) is 4.40. The van der Waals surface area contributed by atoms with Crippen molar-refractivity contribution in [2.45, 2.75) is 19.4 Å². The highest BCUT2D eigenvalue weighted by molar-refractivity contribution is 5.95. The summed E-state index contributed by atoms with van der Waals surface area (Å²) in [5.41, 5.74) is 1.11. The van der Waals surface area contributed by atoms with Gasteiger partial charge in [0.25, 0.3) is 5.91 Å². The maximum Gasteiger partial charge on any atom is 0.332 e. The molecule has 21 heavy (non-hydrogen) atoms. The van der Waals surface area contributed by atoms with Crippen molar-refractivity contribution in [2.75, 3.05) is 20.8 Å². The molecular weight excluding hydrogens is 278 g/mol. The highest BCUT2D eigenvalue weighted by atomic mass is 16.5. The first kappa shape index (κ1) is 16.8. The fraction of sp³-hybridized carbons (Fsp3) is 0.429. The largest absolute Gasteiger partial charge is 0.496 e. The molecule has 1 amide bonds. The predicted molar refractivity (Wildman–Crippen MR) is 74.9 cm³/mol. The Labute approximate surface area is 122 Å². The maximum atomic E-state index is 12.0. The zero-order chi connectivity index (χ0) is 16.0. The van der Waals surface area contributed by atoms with Crippen LogP contribution in [0.5, 0.6) is 11.5 Å². The van der Waals surface area contributed by atoms with E-state index in [-0.39, 0.29) is 13.0 Å². The van der Waals surface area contributed by atoms with Gasteiger partial charge in [-0.15, -0.1) is 0 Å². The van der Waals surface area contributed by atoms with Crippen molar-refractivity contribution in [3.63, 3.8) is 0 Å². The molecule has 0 aromatic heterocycles. The van der Waals surface area contributed by atoms with Gasteiger partial charge in [0.15, 0.2) is 6.10 Å². The van der Waals surface area contributed by atoms with Crippen molar-refractivity contribution in [3.05, 3.63) is 23.3 Å². The Bertz CT molecular complexity index is 503. The fourth-order valence-corrected chi connectivity index (χ4v) is 1.77. The number of hydrogen-bond acceptors (Lipinski definition) is 5. The molecule has 1 aromatic rings. The second-order valence-electron chi connectivity index (χ2n) is 4.40. The predicted octanol–water partition coefficient (Wildman–Crippen LogP) is 0.578. The Kier molecular flexibility index (Phi) is 5.98. The van der Waals surface area contributed by atoms with Crippen molar-refractivity contribution >= 4 is 11.9 Å². The van der Waals surface area contributed by atoms with Crippen LogP contribution in [-0.4, -0.2) is 49.0 Å². The number of carbonyl (C=O) groups excluding carboxylic acids is 1. The maximum absolute atomic E-state index is 12.0. The lowest BCUT2D eigenvalue weighted by Gasteiger charge is -2.13. The second kappa shape index (κ2) is 7.49. The summed E-state index contributed by atoms with van der Waals surface area (Å²) in [5, 5.41) is 20.2. The van der Waals surface area contributed by atoms with Crippen LogP contribution in [0.4, 0.5) is 0 Å². The Hall–Kier alpha value is -2.28. The van der Waals surface area contributed by atoms with Gasteiger partial charge in [0.2, 0.25) is 0 Å². The van der Waals surface area contributed by atoms with E-state index >= 15 is 0 Å². The number of aliphatic hydroxyl groups is 1. The van der Waals surface area contributed by atoms with Crippen LogP contribution < -0.4 is 14.8 Å². The van der Waals surface area contributed by atoms with Gasteiger partial charge in [-0.25, -0.2) is 4.79 Å². The number of carboxylic acid groups (broad SMARTS) is 1. The summed E-state index contributed by atoms with van der Waals surface area (Å²) in [6.45, 7) is 1.85. The summed E-state index contributed by atoms with van der Waals surface area (Å²) in [6, 6.07) is 3.14. The van der Waals surface area contributed by atoms with E-state index in [0.717, 1.165) is 5.56 Å². The van der Waals surface area contributed by atoms with Crippen LogP contribution in [0.3, 0.4) is 0 Å². The molecule has 1 atom stereocenters. The third kappa shape index (κ3) is 4.35. The van der Waals surface area contributed by atoms with E-state index in [9.17, 15) is 9.59 Å². The monoisotopic (exact) mass is 297 g/mol. The Balaban J connectivity index is 2.76. The number of carbonyl (C=O) groups is 2. The highest BCUT2D eigenvalue weighted by Crippen LogP contribution is 2.29. The Morgan fingerprint density at radius 2 is 1.76 bits per heavy atom. The van der Waals surface area contributed by atoms with E-state index in [1.807, 2.05) is 6.92 Å². The van der Waals surface area contributed by atoms with Crippen LogP contribution in [0.15, 0.2) is 12.1 Å². The van der Waals surface area contributed by atoms with E-state index in [2.05, 4.69) is 5.32 Å². The van der Waals surface area contributed by atoms with Crippen LogP contribution in [0.2, 0.25) is 0 Å². The van der Waals surface area contributed by atoms with E-state index in [1.165, 1.54) is 14.2 Å². The minimum absolute atomic E-state index is 0.0464. The number of amides is 1. The number of aliphatic hydroxyl groups excluding tert-OH is 1. The molecule has 7 heteroatoms. The van der Waals surface area contributed by atoms with Gasteiger partial charge in [-0.1, -0.05) is 0 Å². The fourth-order valence-electron chi connectivity index (χ4n) is 1.77. The third-order valence-electron chi connectivity index (χ3n) is 3.00. The van der Waals surface area contributed by atoms with Crippen LogP contribution in [0.1, 0.15) is 22.3 Å². The van der Waals surface area contributed by atoms with Gasteiger partial charge in [0.05, 0.1) is 14.2 Å². The molecule has 0 fully saturated rings. The summed E-state index contributed by atoms with van der Waals surface area (Å²) in [5.74, 6) is -0.678. The van der Waals surface area contributed by atoms with Gasteiger partial charge in [-0.2, -0.15) is 0 Å². The van der Waals surface area contributed by atoms with Crippen molar-refractivity contribution in [1.29, 1.82) is 0 Å². The van der Waals surface area contributed by atoms with Gasteiger partial charge in [0, 0.05) is 24.1 Å². The number of methoxy groups -OCH3 is 2. The summed E-state index contributed by atoms with van der Waals surface area (Å²) in [7, 11) is 2.99. The summed E-state index contributed by atoms with van der Waals surface area (Å²) in [6.07, 6.45) is -1.56. The summed E-state index contributed by atoms with van der Waals surface area (Å²) in [4.78, 5) is 22.4. The van der Waals surface area contributed by atoms with Crippen molar-refractivity contribution < 1.29 is 29.3 Å². The van der Waals surface area contributed by atoms with Gasteiger partial charge < -0.3 is 25.0 Å². The van der Waals surface area contributed by atoms with Crippen LogP contribution in [-0.2, 0) is 4.79 Å². The number of ether oxygens (including phenoxy) is 2. The SMILES string of the molecule is COc1cc(C(=O)NCC[C@H](O)C(=O)O)cc(OC)c1C. The topological polar surface area (TPSA) is 105 Å². The molecule has 0 saturated heterocycles. The molecule has 116 valence electrons. The molecule has 0 radical (unpaired) electrons. The van der Waals surface area contributed by atoms with Crippen molar-refractivity contribution in [3.8, 4) is 11.5 Å². The first-order chi connectivity index (χ1) is 9.90. The molecule has 1 rings (SSSR count). The van der Waals surface area contributed by atoms with Gasteiger partial charge >= 0.3 is 5.97 Å². The highest BCUT2D eigenvalue weighted by Gasteiger charge is 2.15. The normalized spacial score (nSPS) is 11.6. The van der Waals surface area contributed by atoms with Gasteiger partial charge in [-0.05, 0) is 19.1 Å². The van der Waals surface area contributed by atoms with E-state index in [0.29, 0.717) is 17.1 Å². The van der Waals surface area contributed by atoms with Crippen LogP contribution in [0, 0.1) is 6.92 Å². The Morgan fingerprint density at radius 3 is 2.19 bits per heavy atom. The van der Waals surface area contributed by atoms with Gasteiger partial charge in [0.1, 0.15) is 11.5 Å². The molecule has 0 aliphatic carbocycles. The minimum Gasteiger partial charge on any atom is -0.496 e. The molecule has 3 N–H and O–H groups in total. The first-order valence-corrected chi connectivity index (χ1v) is 6.32.